The lowest BCUT2D eigenvalue weighted by Crippen LogP contribution is -2.36. The average Bonchev–Trinajstić information content (AvgIpc) is 2.81. The van der Waals surface area contributed by atoms with E-state index < -0.39 is 5.97 Å². The SMILES string of the molecule is Cc1cc(C)n(CCCNC(=O)C2CCCC(C(=O)O)C2)n1. The molecule has 0 bridgehead atoms. The van der Waals surface area contributed by atoms with Gasteiger partial charge in [0.25, 0.3) is 0 Å². The van der Waals surface area contributed by atoms with Crippen molar-refractivity contribution in [2.24, 2.45) is 11.8 Å². The van der Waals surface area contributed by atoms with Crippen molar-refractivity contribution >= 4 is 11.9 Å². The standard InChI is InChI=1S/C16H25N3O3/c1-11-9-12(2)19(18-11)8-4-7-17-15(20)13-5-3-6-14(10-13)16(21)22/h9,13-14H,3-8,10H2,1-2H3,(H,17,20)(H,21,22). The van der Waals surface area contributed by atoms with Crippen molar-refractivity contribution < 1.29 is 14.7 Å². The van der Waals surface area contributed by atoms with Gasteiger partial charge in [-0.25, -0.2) is 0 Å². The highest BCUT2D eigenvalue weighted by molar-refractivity contribution is 5.80. The Morgan fingerprint density at radius 3 is 2.73 bits per heavy atom. The van der Waals surface area contributed by atoms with Crippen LogP contribution in [0.2, 0.25) is 0 Å². The summed E-state index contributed by atoms with van der Waals surface area (Å²) in [6.07, 6.45) is 3.60. The molecule has 2 N–H and O–H groups in total. The number of aromatic nitrogens is 2. The lowest BCUT2D eigenvalue weighted by molar-refractivity contribution is -0.144. The Bertz CT molecular complexity index is 539. The van der Waals surface area contributed by atoms with Gasteiger partial charge in [-0.05, 0) is 45.6 Å². The van der Waals surface area contributed by atoms with Crippen LogP contribution in [0.3, 0.4) is 0 Å². The quantitative estimate of drug-likeness (QED) is 0.786. The van der Waals surface area contributed by atoms with E-state index in [1.165, 1.54) is 0 Å². The Morgan fingerprint density at radius 2 is 2.09 bits per heavy atom. The highest BCUT2D eigenvalue weighted by atomic mass is 16.4. The maximum absolute atomic E-state index is 12.1. The predicted octanol–water partition coefficient (Wildman–Crippen LogP) is 1.90. The third-order valence-corrected chi connectivity index (χ3v) is 4.34. The molecule has 2 rings (SSSR count). The van der Waals surface area contributed by atoms with Crippen LogP contribution in [0, 0.1) is 25.7 Å². The summed E-state index contributed by atoms with van der Waals surface area (Å²) in [5.41, 5.74) is 2.13. The van der Waals surface area contributed by atoms with E-state index in [-0.39, 0.29) is 17.7 Å². The number of carboxylic acid groups (broad SMARTS) is 1. The molecule has 1 aromatic heterocycles. The van der Waals surface area contributed by atoms with Crippen molar-refractivity contribution in [3.8, 4) is 0 Å². The van der Waals surface area contributed by atoms with Gasteiger partial charge < -0.3 is 10.4 Å². The van der Waals surface area contributed by atoms with Crippen LogP contribution in [0.25, 0.3) is 0 Å². The van der Waals surface area contributed by atoms with E-state index in [0.29, 0.717) is 19.4 Å². The first kappa shape index (κ1) is 16.5. The molecule has 1 heterocycles. The summed E-state index contributed by atoms with van der Waals surface area (Å²) in [4.78, 5) is 23.2. The molecule has 1 fully saturated rings. The minimum atomic E-state index is -0.776. The van der Waals surface area contributed by atoms with Gasteiger partial charge in [0.05, 0.1) is 11.6 Å². The van der Waals surface area contributed by atoms with E-state index in [1.54, 1.807) is 0 Å². The molecule has 6 nitrogen and oxygen atoms in total. The molecule has 6 heteroatoms. The summed E-state index contributed by atoms with van der Waals surface area (Å²) >= 11 is 0. The van der Waals surface area contributed by atoms with Gasteiger partial charge in [-0.3, -0.25) is 14.3 Å². The second-order valence-electron chi connectivity index (χ2n) is 6.19. The minimum absolute atomic E-state index is 0.000632. The summed E-state index contributed by atoms with van der Waals surface area (Å²) in [5.74, 6) is -1.29. The first-order valence-electron chi connectivity index (χ1n) is 7.99. The number of nitrogens with one attached hydrogen (secondary N) is 1. The number of hydrogen-bond acceptors (Lipinski definition) is 3. The highest BCUT2D eigenvalue weighted by Crippen LogP contribution is 2.29. The molecular weight excluding hydrogens is 282 g/mol. The predicted molar refractivity (Wildman–Crippen MR) is 82.4 cm³/mol. The largest absolute Gasteiger partial charge is 0.481 e. The van der Waals surface area contributed by atoms with Gasteiger partial charge in [-0.15, -0.1) is 0 Å². The summed E-state index contributed by atoms with van der Waals surface area (Å²) in [7, 11) is 0. The number of carboxylic acids is 1. The van der Waals surface area contributed by atoms with Crippen molar-refractivity contribution in [3.05, 3.63) is 17.5 Å². The zero-order valence-corrected chi connectivity index (χ0v) is 13.3. The van der Waals surface area contributed by atoms with E-state index in [4.69, 9.17) is 5.11 Å². The summed E-state index contributed by atoms with van der Waals surface area (Å²) in [6.45, 7) is 5.37. The van der Waals surface area contributed by atoms with Crippen LogP contribution in [0.4, 0.5) is 0 Å². The van der Waals surface area contributed by atoms with Crippen LogP contribution < -0.4 is 5.32 Å². The van der Waals surface area contributed by atoms with E-state index >= 15 is 0 Å². The fourth-order valence-electron chi connectivity index (χ4n) is 3.14. The Kier molecular flexibility index (Phi) is 5.57. The molecule has 0 radical (unpaired) electrons. The molecule has 0 aliphatic heterocycles. The van der Waals surface area contributed by atoms with Crippen molar-refractivity contribution in [3.63, 3.8) is 0 Å². The third kappa shape index (κ3) is 4.32. The molecule has 1 aromatic rings. The maximum Gasteiger partial charge on any atom is 0.306 e. The lowest BCUT2D eigenvalue weighted by Gasteiger charge is -2.25. The van der Waals surface area contributed by atoms with Gasteiger partial charge in [-0.2, -0.15) is 5.10 Å². The molecule has 0 saturated heterocycles. The molecule has 122 valence electrons. The zero-order valence-electron chi connectivity index (χ0n) is 13.3. The zero-order chi connectivity index (χ0) is 16.1. The maximum atomic E-state index is 12.1. The fourth-order valence-corrected chi connectivity index (χ4v) is 3.14. The molecule has 0 aromatic carbocycles. The van der Waals surface area contributed by atoms with Crippen LogP contribution >= 0.6 is 0 Å². The monoisotopic (exact) mass is 307 g/mol. The third-order valence-electron chi connectivity index (χ3n) is 4.34. The first-order chi connectivity index (χ1) is 10.5. The van der Waals surface area contributed by atoms with Gasteiger partial charge >= 0.3 is 5.97 Å². The number of nitrogens with zero attached hydrogens (tertiary/aromatic N) is 2. The van der Waals surface area contributed by atoms with Crippen LogP contribution in [0.5, 0.6) is 0 Å². The van der Waals surface area contributed by atoms with E-state index in [2.05, 4.69) is 10.4 Å². The Morgan fingerprint density at radius 1 is 1.36 bits per heavy atom. The lowest BCUT2D eigenvalue weighted by atomic mass is 9.81. The van der Waals surface area contributed by atoms with Crippen molar-refractivity contribution in [2.75, 3.05) is 6.54 Å². The molecule has 22 heavy (non-hydrogen) atoms. The van der Waals surface area contributed by atoms with Crippen LogP contribution in [0.1, 0.15) is 43.5 Å². The highest BCUT2D eigenvalue weighted by Gasteiger charge is 2.30. The van der Waals surface area contributed by atoms with Crippen LogP contribution in [-0.4, -0.2) is 33.3 Å². The van der Waals surface area contributed by atoms with Gasteiger partial charge in [-0.1, -0.05) is 6.42 Å². The number of aryl methyl sites for hydroxylation is 3. The first-order valence-corrected chi connectivity index (χ1v) is 7.99. The van der Waals surface area contributed by atoms with E-state index in [0.717, 1.165) is 37.2 Å². The summed E-state index contributed by atoms with van der Waals surface area (Å²) < 4.78 is 1.95. The molecule has 2 unspecified atom stereocenters. The molecule has 1 aliphatic carbocycles. The Balaban J connectivity index is 1.71. The van der Waals surface area contributed by atoms with Crippen LogP contribution in [-0.2, 0) is 16.1 Å². The number of amides is 1. The summed E-state index contributed by atoms with van der Waals surface area (Å²) in [5, 5.41) is 16.4. The molecular formula is C16H25N3O3. The molecule has 1 amide bonds. The molecule has 1 aliphatic rings. The van der Waals surface area contributed by atoms with Crippen molar-refractivity contribution in [2.45, 2.75) is 52.5 Å². The molecule has 0 spiro atoms. The smallest absolute Gasteiger partial charge is 0.306 e. The topological polar surface area (TPSA) is 84.2 Å². The Hall–Kier alpha value is -1.85. The van der Waals surface area contributed by atoms with Gasteiger partial charge in [0.2, 0.25) is 5.91 Å². The van der Waals surface area contributed by atoms with E-state index in [1.807, 2.05) is 24.6 Å². The average molecular weight is 307 g/mol. The van der Waals surface area contributed by atoms with Crippen molar-refractivity contribution in [1.29, 1.82) is 0 Å². The molecule has 2 atom stereocenters. The normalized spacial score (nSPS) is 21.5. The second-order valence-corrected chi connectivity index (χ2v) is 6.19. The van der Waals surface area contributed by atoms with Crippen molar-refractivity contribution in [1.82, 2.24) is 15.1 Å². The number of rotatable bonds is 6. The van der Waals surface area contributed by atoms with Gasteiger partial charge in [0.15, 0.2) is 0 Å². The van der Waals surface area contributed by atoms with E-state index in [9.17, 15) is 9.59 Å². The number of carbonyl (C=O) groups is 2. The number of hydrogen-bond donors (Lipinski definition) is 2. The van der Waals surface area contributed by atoms with Crippen LogP contribution in [0.15, 0.2) is 6.07 Å². The number of carbonyl (C=O) groups excluding carboxylic acids is 1. The van der Waals surface area contributed by atoms with Gasteiger partial charge in [0, 0.05) is 24.7 Å². The Labute approximate surface area is 130 Å². The second kappa shape index (κ2) is 7.42. The van der Waals surface area contributed by atoms with Gasteiger partial charge in [0.1, 0.15) is 0 Å². The minimum Gasteiger partial charge on any atom is -0.481 e. The number of aliphatic carboxylic acids is 1. The fraction of sp³-hybridized carbons (Fsp3) is 0.688. The summed E-state index contributed by atoms with van der Waals surface area (Å²) in [6, 6.07) is 2.03. The molecule has 1 saturated carbocycles.